The fourth-order valence-corrected chi connectivity index (χ4v) is 0.874. The largest absolute Gasteiger partial charge is 0.305 e. The van der Waals surface area contributed by atoms with Crippen LogP contribution in [0, 0.1) is 0 Å². The number of alkyl halides is 2. The Hall–Kier alpha value is 0.180. The first-order valence-electron chi connectivity index (χ1n) is 3.11. The summed E-state index contributed by atoms with van der Waals surface area (Å²) in [6, 6.07) is 0. The van der Waals surface area contributed by atoms with Gasteiger partial charge in [-0.1, -0.05) is 0 Å². The maximum atomic E-state index is 11.5. The molecule has 0 aromatic carbocycles. The molecule has 3 heteroatoms. The van der Waals surface area contributed by atoms with Crippen LogP contribution in [0.3, 0.4) is 0 Å². The number of rotatable bonds is 5. The van der Waals surface area contributed by atoms with Crippen molar-refractivity contribution in [2.75, 3.05) is 32.7 Å². The maximum Gasteiger partial charge on any atom is 0.0906 e. The van der Waals surface area contributed by atoms with Gasteiger partial charge in [0.1, 0.15) is 0 Å². The molecule has 0 saturated heterocycles. The molecule has 0 amide bonds. The van der Waals surface area contributed by atoms with E-state index in [2.05, 4.69) is 0 Å². The molecular weight excluding hydrogens is 141 g/mol. The minimum Gasteiger partial charge on any atom is -0.305 e. The van der Waals surface area contributed by atoms with Crippen LogP contribution in [0.4, 0.5) is 4.39 Å². The summed E-state index contributed by atoms with van der Waals surface area (Å²) < 4.78 is 11.5. The third-order valence-corrected chi connectivity index (χ3v) is 1.31. The molecule has 0 bridgehead atoms. The highest BCUT2D eigenvalue weighted by Gasteiger charge is 1.94. The van der Waals surface area contributed by atoms with Crippen LogP contribution in [-0.2, 0) is 0 Å². The second-order valence-corrected chi connectivity index (χ2v) is 2.41. The summed E-state index contributed by atoms with van der Waals surface area (Å²) in [5.41, 5.74) is 0. The maximum absolute atomic E-state index is 11.5. The number of nitrogens with zero attached hydrogens (tertiary/aromatic N) is 1. The molecule has 0 radical (unpaired) electrons. The van der Waals surface area contributed by atoms with Gasteiger partial charge in [0, 0.05) is 19.0 Å². The van der Waals surface area contributed by atoms with Gasteiger partial charge >= 0.3 is 0 Å². The van der Waals surface area contributed by atoms with Gasteiger partial charge < -0.3 is 4.90 Å². The molecule has 0 aromatic heterocycles. The Morgan fingerprint density at radius 3 is 2.56 bits per heavy atom. The molecule has 0 aromatic rings. The van der Waals surface area contributed by atoms with Gasteiger partial charge in [-0.15, -0.1) is 11.6 Å². The summed E-state index contributed by atoms with van der Waals surface area (Å²) >= 11 is 5.44. The van der Waals surface area contributed by atoms with E-state index >= 15 is 0 Å². The molecule has 0 heterocycles. The summed E-state index contributed by atoms with van der Waals surface area (Å²) in [5.74, 6) is 0.628. The number of hydrogen-bond acceptors (Lipinski definition) is 1. The van der Waals surface area contributed by atoms with Crippen LogP contribution in [-0.4, -0.2) is 37.6 Å². The van der Waals surface area contributed by atoms with E-state index in [-0.39, 0.29) is 6.67 Å². The van der Waals surface area contributed by atoms with Crippen molar-refractivity contribution in [2.45, 2.75) is 6.42 Å². The minimum absolute atomic E-state index is 0.230. The quantitative estimate of drug-likeness (QED) is 0.542. The van der Waals surface area contributed by atoms with Crippen LogP contribution < -0.4 is 0 Å². The Labute approximate surface area is 60.8 Å². The van der Waals surface area contributed by atoms with Crippen LogP contribution in [0.1, 0.15) is 6.42 Å². The molecule has 0 saturated carbocycles. The SMILES string of the molecule is CN(CCCl)CCCF. The Bertz CT molecular complexity index is 61.0. The van der Waals surface area contributed by atoms with Gasteiger partial charge in [-0.2, -0.15) is 0 Å². The molecule has 56 valence electrons. The fraction of sp³-hybridized carbons (Fsp3) is 1.00. The van der Waals surface area contributed by atoms with Crippen molar-refractivity contribution in [1.29, 1.82) is 0 Å². The van der Waals surface area contributed by atoms with E-state index in [9.17, 15) is 4.39 Å². The molecule has 0 aliphatic carbocycles. The molecule has 0 rings (SSSR count). The first-order chi connectivity index (χ1) is 4.31. The summed E-state index contributed by atoms with van der Waals surface area (Å²) in [6.07, 6.45) is 0.618. The van der Waals surface area contributed by atoms with Crippen molar-refractivity contribution >= 4 is 11.6 Å². The zero-order chi connectivity index (χ0) is 7.11. The molecule has 0 aliphatic heterocycles. The monoisotopic (exact) mass is 153 g/mol. The molecule has 0 aliphatic rings. The van der Waals surface area contributed by atoms with Crippen molar-refractivity contribution in [3.63, 3.8) is 0 Å². The van der Waals surface area contributed by atoms with Crippen LogP contribution in [0.15, 0.2) is 0 Å². The van der Waals surface area contributed by atoms with Crippen molar-refractivity contribution in [2.24, 2.45) is 0 Å². The van der Waals surface area contributed by atoms with Gasteiger partial charge in [0.2, 0.25) is 0 Å². The van der Waals surface area contributed by atoms with E-state index < -0.39 is 0 Å². The highest BCUT2D eigenvalue weighted by molar-refractivity contribution is 6.18. The Morgan fingerprint density at radius 1 is 1.44 bits per heavy atom. The summed E-state index contributed by atoms with van der Waals surface area (Å²) in [7, 11) is 1.94. The predicted octanol–water partition coefficient (Wildman–Crippen LogP) is 1.52. The minimum atomic E-state index is -0.230. The van der Waals surface area contributed by atoms with E-state index in [0.717, 1.165) is 13.1 Å². The molecular formula is C6H13ClFN. The zero-order valence-corrected chi connectivity index (χ0v) is 6.49. The molecule has 9 heavy (non-hydrogen) atoms. The van der Waals surface area contributed by atoms with Gasteiger partial charge in [-0.3, -0.25) is 4.39 Å². The fourth-order valence-electron chi connectivity index (χ4n) is 0.586. The normalized spacial score (nSPS) is 10.7. The first-order valence-corrected chi connectivity index (χ1v) is 3.65. The molecule has 0 atom stereocenters. The van der Waals surface area contributed by atoms with Crippen molar-refractivity contribution < 1.29 is 4.39 Å². The zero-order valence-electron chi connectivity index (χ0n) is 5.74. The van der Waals surface area contributed by atoms with Gasteiger partial charge in [-0.25, -0.2) is 0 Å². The number of hydrogen-bond donors (Lipinski definition) is 0. The summed E-state index contributed by atoms with van der Waals surface area (Å²) in [6.45, 7) is 1.43. The van der Waals surface area contributed by atoms with Gasteiger partial charge in [-0.05, 0) is 13.5 Å². The standard InChI is InChI=1S/C6H13ClFN/c1-9(6-3-7)5-2-4-8/h2-6H2,1H3. The van der Waals surface area contributed by atoms with Gasteiger partial charge in [0.05, 0.1) is 6.67 Å². The lowest BCUT2D eigenvalue weighted by molar-refractivity contribution is 0.325. The van der Waals surface area contributed by atoms with E-state index in [4.69, 9.17) is 11.6 Å². The molecule has 0 N–H and O–H groups in total. The average molecular weight is 154 g/mol. The van der Waals surface area contributed by atoms with E-state index in [1.54, 1.807) is 0 Å². The van der Waals surface area contributed by atoms with Crippen LogP contribution in [0.5, 0.6) is 0 Å². The smallest absolute Gasteiger partial charge is 0.0906 e. The van der Waals surface area contributed by atoms with E-state index in [0.29, 0.717) is 12.3 Å². The third kappa shape index (κ3) is 6.06. The topological polar surface area (TPSA) is 3.24 Å². The highest BCUT2D eigenvalue weighted by Crippen LogP contribution is 1.88. The van der Waals surface area contributed by atoms with E-state index in [1.807, 2.05) is 11.9 Å². The second-order valence-electron chi connectivity index (χ2n) is 2.03. The Morgan fingerprint density at radius 2 is 2.11 bits per heavy atom. The van der Waals surface area contributed by atoms with Crippen LogP contribution >= 0.6 is 11.6 Å². The summed E-state index contributed by atoms with van der Waals surface area (Å²) in [4.78, 5) is 2.02. The second kappa shape index (κ2) is 6.30. The van der Waals surface area contributed by atoms with Gasteiger partial charge in [0.15, 0.2) is 0 Å². The Kier molecular flexibility index (Phi) is 6.43. The lowest BCUT2D eigenvalue weighted by Gasteiger charge is -2.12. The number of halogens is 2. The summed E-state index contributed by atoms with van der Waals surface area (Å²) in [5, 5.41) is 0. The highest BCUT2D eigenvalue weighted by atomic mass is 35.5. The van der Waals surface area contributed by atoms with Crippen LogP contribution in [0.2, 0.25) is 0 Å². The van der Waals surface area contributed by atoms with Crippen molar-refractivity contribution in [3.8, 4) is 0 Å². The lowest BCUT2D eigenvalue weighted by atomic mass is 10.4. The van der Waals surface area contributed by atoms with E-state index in [1.165, 1.54) is 0 Å². The Balaban J connectivity index is 2.95. The van der Waals surface area contributed by atoms with Crippen molar-refractivity contribution in [3.05, 3.63) is 0 Å². The molecule has 0 unspecified atom stereocenters. The molecule has 1 nitrogen and oxygen atoms in total. The van der Waals surface area contributed by atoms with Gasteiger partial charge in [0.25, 0.3) is 0 Å². The molecule has 0 spiro atoms. The average Bonchev–Trinajstić information content (AvgIpc) is 1.85. The predicted molar refractivity (Wildman–Crippen MR) is 38.8 cm³/mol. The van der Waals surface area contributed by atoms with Crippen molar-refractivity contribution in [1.82, 2.24) is 4.90 Å². The lowest BCUT2D eigenvalue weighted by Crippen LogP contribution is -2.22. The molecule has 0 fully saturated rings. The van der Waals surface area contributed by atoms with Crippen LogP contribution in [0.25, 0.3) is 0 Å². The third-order valence-electron chi connectivity index (χ3n) is 1.14. The first kappa shape index (κ1) is 9.18.